The number of hydrogen-bond acceptors (Lipinski definition) is 1. The molecule has 0 atom stereocenters. The minimum atomic E-state index is 0. The summed E-state index contributed by atoms with van der Waals surface area (Å²) in [5.41, 5.74) is 0. The molecular weight excluding hydrogens is 112 g/mol. The molecule has 1 nitrogen and oxygen atoms in total. The Bertz CT molecular complexity index is 12.8. The Morgan fingerprint density at radius 2 is 1.25 bits per heavy atom. The number of nitriles is 1. The predicted octanol–water partition coefficient (Wildman–Crippen LogP) is -1.05. The molecule has 0 aliphatic rings. The second-order valence-electron chi connectivity index (χ2n) is 0. The minimum absolute atomic E-state index is 0. The average molecular weight is 116 g/mol. The summed E-state index contributed by atoms with van der Waals surface area (Å²) < 4.78 is 0. The van der Waals surface area contributed by atoms with Gasteiger partial charge in [-0.05, 0) is 0 Å². The van der Waals surface area contributed by atoms with Crippen LogP contribution in [0.4, 0.5) is 0 Å². The molecule has 1 radical (unpaired) electrons. The Balaban J connectivity index is -0.00000000500. The molecule has 0 saturated carbocycles. The van der Waals surface area contributed by atoms with Crippen molar-refractivity contribution in [1.82, 2.24) is 0 Å². The van der Waals surface area contributed by atoms with Crippen molar-refractivity contribution in [2.45, 2.75) is 0 Å². The van der Waals surface area contributed by atoms with Gasteiger partial charge in [-0.25, -0.2) is 5.26 Å². The van der Waals surface area contributed by atoms with E-state index in [2.05, 4.69) is 6.57 Å². The normalized spacial score (nSPS) is 0.500. The molecule has 0 spiro atoms. The third kappa shape index (κ3) is 21.1. The van der Waals surface area contributed by atoms with Gasteiger partial charge in [0.25, 0.3) is 0 Å². The second-order valence-corrected chi connectivity index (χ2v) is 0. The van der Waals surface area contributed by atoms with Crippen LogP contribution in [0.1, 0.15) is 0 Å². The van der Waals surface area contributed by atoms with Gasteiger partial charge in [0, 0.05) is 23.4 Å². The zero-order chi connectivity index (χ0) is 2.00. The fourth-order valence-corrected chi connectivity index (χ4v) is 0. The van der Waals surface area contributed by atoms with Crippen molar-refractivity contribution in [2.75, 3.05) is 0 Å². The zero-order valence-electron chi connectivity index (χ0n) is 1.36. The summed E-state index contributed by atoms with van der Waals surface area (Å²) in [5.74, 6) is 0. The topological polar surface area (TPSA) is 23.8 Å². The standard InChI is InChI=1S/CHN.Al.Co.3H/c1-2;;;;;/h1H;;;;;. The molecule has 0 unspecified atom stereocenters. The van der Waals surface area contributed by atoms with Crippen LogP contribution in [-0.4, -0.2) is 17.4 Å². The van der Waals surface area contributed by atoms with E-state index in [1.807, 2.05) is 0 Å². The monoisotopic (exact) mass is 116 g/mol. The first-order valence-electron chi connectivity index (χ1n) is 0.258. The Kier molecular flexibility index (Phi) is 487. The van der Waals surface area contributed by atoms with Gasteiger partial charge in [-0.1, -0.05) is 0 Å². The summed E-state index contributed by atoms with van der Waals surface area (Å²) in [5, 5.41) is 6.50. The molecule has 3 heteroatoms. The number of rotatable bonds is 0. The molecule has 0 amide bonds. The maximum Gasteiger partial charge on any atom is 0.187 e. The number of hydrogen-bond donors (Lipinski definition) is 0. The van der Waals surface area contributed by atoms with Gasteiger partial charge in [0.1, 0.15) is 0 Å². The minimum Gasteiger partial charge on any atom is -0.202 e. The third-order valence-electron chi connectivity index (χ3n) is 0. The van der Waals surface area contributed by atoms with Crippen molar-refractivity contribution in [3.63, 3.8) is 0 Å². The van der Waals surface area contributed by atoms with Crippen molar-refractivity contribution in [3.05, 3.63) is 0 Å². The molecule has 4 heavy (non-hydrogen) atoms. The molecule has 25 valence electrons. The van der Waals surface area contributed by atoms with Gasteiger partial charge in [0.05, 0.1) is 0 Å². The van der Waals surface area contributed by atoms with Gasteiger partial charge in [0.2, 0.25) is 0 Å². The Morgan fingerprint density at radius 1 is 1.25 bits per heavy atom. The van der Waals surface area contributed by atoms with Crippen LogP contribution < -0.4 is 0 Å². The average Bonchev–Trinajstić information content (AvgIpc) is 1.00. The third-order valence-corrected chi connectivity index (χ3v) is 0. The molecule has 0 heterocycles. The molecule has 0 N–H and O–H groups in total. The molecular formula is CH4AlCoN. The van der Waals surface area contributed by atoms with Crippen LogP contribution in [0, 0.1) is 11.8 Å². The first-order chi connectivity index (χ1) is 1.00. The van der Waals surface area contributed by atoms with Gasteiger partial charge >= 0.3 is 0 Å². The van der Waals surface area contributed by atoms with Crippen LogP contribution in [0.2, 0.25) is 0 Å². The molecule has 0 rings (SSSR count). The van der Waals surface area contributed by atoms with Crippen molar-refractivity contribution >= 4 is 17.4 Å². The second kappa shape index (κ2) is 80.7. The van der Waals surface area contributed by atoms with Crippen molar-refractivity contribution < 1.29 is 16.8 Å². The summed E-state index contributed by atoms with van der Waals surface area (Å²) in [6, 6.07) is 0. The van der Waals surface area contributed by atoms with Gasteiger partial charge in [-0.3, -0.25) is 0 Å². The maximum absolute atomic E-state index is 6.50. The quantitative estimate of drug-likeness (QED) is 0.370. The first kappa shape index (κ1) is 24.1. The summed E-state index contributed by atoms with van der Waals surface area (Å²) in [6.45, 7) is 3.50. The summed E-state index contributed by atoms with van der Waals surface area (Å²) in [4.78, 5) is 0. The molecule has 0 bridgehead atoms. The molecule has 0 aromatic carbocycles. The molecule has 0 fully saturated rings. The van der Waals surface area contributed by atoms with E-state index in [-0.39, 0.29) is 34.1 Å². The summed E-state index contributed by atoms with van der Waals surface area (Å²) >= 11 is 0. The SMILES string of the molecule is C#N.[AlH3].[Co]. The van der Waals surface area contributed by atoms with E-state index < -0.39 is 0 Å². The van der Waals surface area contributed by atoms with E-state index in [9.17, 15) is 0 Å². The van der Waals surface area contributed by atoms with E-state index in [1.54, 1.807) is 0 Å². The molecule has 0 aromatic heterocycles. The van der Waals surface area contributed by atoms with Crippen LogP contribution in [0.3, 0.4) is 0 Å². The fourth-order valence-electron chi connectivity index (χ4n) is 0. The van der Waals surface area contributed by atoms with Crippen LogP contribution in [0.15, 0.2) is 0 Å². The predicted molar refractivity (Wildman–Crippen MR) is 16.6 cm³/mol. The largest absolute Gasteiger partial charge is 0.202 e. The van der Waals surface area contributed by atoms with Crippen molar-refractivity contribution in [1.29, 1.82) is 5.26 Å². The molecule has 0 aliphatic carbocycles. The van der Waals surface area contributed by atoms with E-state index in [0.717, 1.165) is 0 Å². The Hall–Kier alpha value is 0.529. The van der Waals surface area contributed by atoms with E-state index in [0.29, 0.717) is 0 Å². The molecule has 0 aliphatic heterocycles. The first-order valence-corrected chi connectivity index (χ1v) is 0.258. The van der Waals surface area contributed by atoms with E-state index >= 15 is 0 Å². The van der Waals surface area contributed by atoms with E-state index in [4.69, 9.17) is 5.26 Å². The van der Waals surface area contributed by atoms with Gasteiger partial charge in [-0.15, -0.1) is 0 Å². The fraction of sp³-hybridized carbons (Fsp3) is 0. The zero-order valence-corrected chi connectivity index (χ0v) is 2.40. The summed E-state index contributed by atoms with van der Waals surface area (Å²) in [6.07, 6.45) is 0. The van der Waals surface area contributed by atoms with E-state index in [1.165, 1.54) is 0 Å². The van der Waals surface area contributed by atoms with Gasteiger partial charge in [-0.2, -0.15) is 0 Å². The van der Waals surface area contributed by atoms with Gasteiger partial charge in [0.15, 0.2) is 17.4 Å². The van der Waals surface area contributed by atoms with Crippen LogP contribution in [0.25, 0.3) is 0 Å². The molecule has 0 saturated heterocycles. The van der Waals surface area contributed by atoms with Crippen LogP contribution in [0.5, 0.6) is 0 Å². The number of nitrogens with zero attached hydrogens (tertiary/aromatic N) is 1. The van der Waals surface area contributed by atoms with Crippen LogP contribution in [-0.2, 0) is 16.8 Å². The van der Waals surface area contributed by atoms with Gasteiger partial charge < -0.3 is 0 Å². The Labute approximate surface area is 46.3 Å². The van der Waals surface area contributed by atoms with Crippen molar-refractivity contribution in [2.24, 2.45) is 0 Å². The maximum atomic E-state index is 6.50. The van der Waals surface area contributed by atoms with Crippen molar-refractivity contribution in [3.8, 4) is 6.57 Å². The molecule has 0 aromatic rings. The Morgan fingerprint density at radius 3 is 1.25 bits per heavy atom. The van der Waals surface area contributed by atoms with Crippen LogP contribution >= 0.6 is 0 Å². The smallest absolute Gasteiger partial charge is 0.187 e. The summed E-state index contributed by atoms with van der Waals surface area (Å²) in [7, 11) is 0.